The average Bonchev–Trinajstić information content (AvgIpc) is 3.30. The first-order chi connectivity index (χ1) is 12.2. The molecule has 1 aromatic carbocycles. The zero-order chi connectivity index (χ0) is 17.2. The van der Waals surface area contributed by atoms with E-state index in [4.69, 9.17) is 0 Å². The fourth-order valence-electron chi connectivity index (χ4n) is 4.19. The van der Waals surface area contributed by atoms with E-state index in [9.17, 15) is 4.39 Å². The minimum Gasteiger partial charge on any atom is -0.306 e. The van der Waals surface area contributed by atoms with Crippen molar-refractivity contribution in [3.05, 3.63) is 36.2 Å². The van der Waals surface area contributed by atoms with Gasteiger partial charge in [-0.25, -0.2) is 4.98 Å². The molecule has 2 fully saturated rings. The molecular formula is C19H26FN5. The van der Waals surface area contributed by atoms with Crippen molar-refractivity contribution in [2.75, 3.05) is 39.9 Å². The summed E-state index contributed by atoms with van der Waals surface area (Å²) in [5.74, 6) is 1.65. The number of H-pyrrole nitrogens is 1. The van der Waals surface area contributed by atoms with E-state index in [1.54, 1.807) is 0 Å². The van der Waals surface area contributed by atoms with Crippen LogP contribution in [0.4, 0.5) is 4.39 Å². The van der Waals surface area contributed by atoms with Gasteiger partial charge in [0.25, 0.3) is 0 Å². The first-order valence-corrected chi connectivity index (χ1v) is 9.21. The van der Waals surface area contributed by atoms with Crippen LogP contribution in [0.3, 0.4) is 0 Å². The van der Waals surface area contributed by atoms with Crippen molar-refractivity contribution in [1.82, 2.24) is 25.0 Å². The third-order valence-corrected chi connectivity index (χ3v) is 5.76. The molecule has 2 saturated heterocycles. The van der Waals surface area contributed by atoms with Gasteiger partial charge in [-0.2, -0.15) is 5.10 Å². The van der Waals surface area contributed by atoms with E-state index in [1.807, 2.05) is 30.3 Å². The lowest BCUT2D eigenvalue weighted by molar-refractivity contribution is 0.138. The first-order valence-electron chi connectivity index (χ1n) is 9.21. The third kappa shape index (κ3) is 3.46. The number of rotatable bonds is 4. The van der Waals surface area contributed by atoms with Gasteiger partial charge in [-0.05, 0) is 33.0 Å². The molecule has 1 N–H and O–H groups in total. The Morgan fingerprint density at radius 2 is 1.92 bits per heavy atom. The van der Waals surface area contributed by atoms with E-state index in [2.05, 4.69) is 32.0 Å². The van der Waals surface area contributed by atoms with Crippen molar-refractivity contribution >= 4 is 0 Å². The molecule has 2 aromatic rings. The van der Waals surface area contributed by atoms with Crippen LogP contribution in [-0.2, 0) is 0 Å². The van der Waals surface area contributed by atoms with Crippen LogP contribution < -0.4 is 0 Å². The molecule has 2 aliphatic heterocycles. The molecule has 0 bridgehead atoms. The summed E-state index contributed by atoms with van der Waals surface area (Å²) in [7, 11) is 2.17. The molecule has 2 atom stereocenters. The maximum absolute atomic E-state index is 13.7. The number of hydrogen-bond acceptors (Lipinski definition) is 4. The van der Waals surface area contributed by atoms with Crippen LogP contribution in [0.1, 0.15) is 24.6 Å². The highest BCUT2D eigenvalue weighted by molar-refractivity contribution is 5.53. The molecule has 134 valence electrons. The number of hydrogen-bond donors (Lipinski definition) is 1. The van der Waals surface area contributed by atoms with Gasteiger partial charge in [0.05, 0.1) is 6.67 Å². The molecule has 25 heavy (non-hydrogen) atoms. The standard InChI is InChI=1S/C19H26FN5/c1-24-9-7-16(8-10-24)25-12-15(11-20)17(13-25)19-21-18(22-23-19)14-5-3-2-4-6-14/h2-6,15-17H,7-13H2,1H3,(H,21,22,23)/t15-,17-/m1/s1. The van der Waals surface area contributed by atoms with Gasteiger partial charge in [0.2, 0.25) is 0 Å². The van der Waals surface area contributed by atoms with Gasteiger partial charge in [-0.3, -0.25) is 14.4 Å². The second-order valence-electron chi connectivity index (χ2n) is 7.42. The summed E-state index contributed by atoms with van der Waals surface area (Å²) in [5, 5.41) is 7.44. The Bertz CT molecular complexity index is 680. The van der Waals surface area contributed by atoms with Gasteiger partial charge in [0.15, 0.2) is 5.82 Å². The summed E-state index contributed by atoms with van der Waals surface area (Å²) in [6.45, 7) is 3.68. The smallest absolute Gasteiger partial charge is 0.181 e. The number of benzene rings is 1. The highest BCUT2D eigenvalue weighted by Crippen LogP contribution is 2.34. The average molecular weight is 343 g/mol. The zero-order valence-corrected chi connectivity index (χ0v) is 14.7. The van der Waals surface area contributed by atoms with Gasteiger partial charge in [0, 0.05) is 36.5 Å². The molecule has 2 aliphatic rings. The summed E-state index contributed by atoms with van der Waals surface area (Å²) in [4.78, 5) is 9.54. The summed E-state index contributed by atoms with van der Waals surface area (Å²) in [6, 6.07) is 10.5. The molecule has 0 amide bonds. The van der Waals surface area contributed by atoms with Crippen molar-refractivity contribution in [3.8, 4) is 11.4 Å². The number of nitrogens with one attached hydrogen (secondary N) is 1. The molecule has 3 heterocycles. The van der Waals surface area contributed by atoms with Gasteiger partial charge < -0.3 is 4.90 Å². The highest BCUT2D eigenvalue weighted by atomic mass is 19.1. The van der Waals surface area contributed by atoms with E-state index >= 15 is 0 Å². The van der Waals surface area contributed by atoms with E-state index in [0.717, 1.165) is 37.6 Å². The molecule has 0 aliphatic carbocycles. The zero-order valence-electron chi connectivity index (χ0n) is 14.7. The molecule has 4 rings (SSSR count). The van der Waals surface area contributed by atoms with E-state index in [-0.39, 0.29) is 18.5 Å². The van der Waals surface area contributed by atoms with Gasteiger partial charge in [-0.15, -0.1) is 0 Å². The van der Waals surface area contributed by atoms with Crippen LogP contribution in [0.25, 0.3) is 11.4 Å². The van der Waals surface area contributed by atoms with E-state index < -0.39 is 0 Å². The Hall–Kier alpha value is -1.79. The highest BCUT2D eigenvalue weighted by Gasteiger charge is 2.39. The number of likely N-dealkylation sites (tertiary alicyclic amines) is 2. The van der Waals surface area contributed by atoms with Crippen molar-refractivity contribution in [2.45, 2.75) is 24.8 Å². The first kappa shape index (κ1) is 16.7. The van der Waals surface area contributed by atoms with Gasteiger partial charge in [0.1, 0.15) is 5.82 Å². The Morgan fingerprint density at radius 1 is 1.16 bits per heavy atom. The second-order valence-corrected chi connectivity index (χ2v) is 7.42. The van der Waals surface area contributed by atoms with Crippen LogP contribution in [0, 0.1) is 5.92 Å². The van der Waals surface area contributed by atoms with Gasteiger partial charge in [-0.1, -0.05) is 30.3 Å². The number of nitrogens with zero attached hydrogens (tertiary/aromatic N) is 4. The number of aromatic nitrogens is 3. The Labute approximate surface area is 148 Å². The Balaban J connectivity index is 1.49. The summed E-state index contributed by atoms with van der Waals surface area (Å²) in [6.07, 6.45) is 2.35. The second kappa shape index (κ2) is 7.22. The maximum Gasteiger partial charge on any atom is 0.181 e. The predicted molar refractivity (Wildman–Crippen MR) is 96.1 cm³/mol. The molecular weight excluding hydrogens is 317 g/mol. The van der Waals surface area contributed by atoms with Crippen LogP contribution in [-0.4, -0.2) is 70.9 Å². The summed E-state index contributed by atoms with van der Waals surface area (Å²) < 4.78 is 13.7. The van der Waals surface area contributed by atoms with Crippen LogP contribution >= 0.6 is 0 Å². The lowest BCUT2D eigenvalue weighted by Crippen LogP contribution is -2.42. The lowest BCUT2D eigenvalue weighted by atomic mass is 9.97. The minimum atomic E-state index is -0.296. The fraction of sp³-hybridized carbons (Fsp3) is 0.579. The molecule has 6 heteroatoms. The molecule has 1 aromatic heterocycles. The molecule has 0 radical (unpaired) electrons. The monoisotopic (exact) mass is 343 g/mol. The Morgan fingerprint density at radius 3 is 2.64 bits per heavy atom. The van der Waals surface area contributed by atoms with Crippen molar-refractivity contribution in [3.63, 3.8) is 0 Å². The third-order valence-electron chi connectivity index (χ3n) is 5.76. The summed E-state index contributed by atoms with van der Waals surface area (Å²) >= 11 is 0. The molecule has 0 spiro atoms. The SMILES string of the molecule is CN1CCC(N2C[C@@H](CF)[C@H](c3nc(-c4ccccc4)n[nH]3)C2)CC1. The largest absolute Gasteiger partial charge is 0.306 e. The normalized spacial score (nSPS) is 26.3. The molecule has 5 nitrogen and oxygen atoms in total. The topological polar surface area (TPSA) is 48.1 Å². The maximum atomic E-state index is 13.7. The predicted octanol–water partition coefficient (Wildman–Crippen LogP) is 2.55. The number of alkyl halides is 1. The van der Waals surface area contributed by atoms with Crippen molar-refractivity contribution < 1.29 is 4.39 Å². The van der Waals surface area contributed by atoms with E-state index in [1.165, 1.54) is 12.8 Å². The minimum absolute atomic E-state index is 0.0104. The Kier molecular flexibility index (Phi) is 4.81. The quantitative estimate of drug-likeness (QED) is 0.927. The fourth-order valence-corrected chi connectivity index (χ4v) is 4.19. The van der Waals surface area contributed by atoms with Crippen molar-refractivity contribution in [2.24, 2.45) is 5.92 Å². The molecule has 0 unspecified atom stereocenters. The number of aromatic amines is 1. The van der Waals surface area contributed by atoms with Crippen LogP contribution in [0.2, 0.25) is 0 Å². The summed E-state index contributed by atoms with van der Waals surface area (Å²) in [5.41, 5.74) is 0.993. The van der Waals surface area contributed by atoms with Crippen LogP contribution in [0.5, 0.6) is 0 Å². The van der Waals surface area contributed by atoms with Gasteiger partial charge >= 0.3 is 0 Å². The lowest BCUT2D eigenvalue weighted by Gasteiger charge is -2.35. The van der Waals surface area contributed by atoms with E-state index in [0.29, 0.717) is 11.9 Å². The van der Waals surface area contributed by atoms with Crippen molar-refractivity contribution in [1.29, 1.82) is 0 Å². The van der Waals surface area contributed by atoms with Crippen LogP contribution in [0.15, 0.2) is 30.3 Å². The number of halogens is 1. The molecule has 0 saturated carbocycles. The number of piperidine rings is 1.